The van der Waals surface area contributed by atoms with E-state index in [-0.39, 0.29) is 30.3 Å². The first-order valence-corrected chi connectivity index (χ1v) is 9.77. The van der Waals surface area contributed by atoms with Crippen molar-refractivity contribution in [2.24, 2.45) is 0 Å². The molecule has 0 radical (unpaired) electrons. The van der Waals surface area contributed by atoms with Crippen molar-refractivity contribution >= 4 is 39.6 Å². The number of thiophene rings is 1. The number of thiazole rings is 1. The van der Waals surface area contributed by atoms with Crippen molar-refractivity contribution in [3.63, 3.8) is 0 Å². The highest BCUT2D eigenvalue weighted by atomic mass is 32.1. The number of aromatic nitrogens is 1. The predicted molar refractivity (Wildman–Crippen MR) is 101 cm³/mol. The molecular formula is C18H15F2N3O2S2. The second-order valence-electron chi connectivity index (χ2n) is 5.55. The summed E-state index contributed by atoms with van der Waals surface area (Å²) in [7, 11) is 0. The average Bonchev–Trinajstić information content (AvgIpc) is 3.31. The van der Waals surface area contributed by atoms with Crippen molar-refractivity contribution in [3.05, 3.63) is 68.9 Å². The number of carbonyl (C=O) groups is 2. The minimum atomic E-state index is -0.694. The molecule has 9 heteroatoms. The van der Waals surface area contributed by atoms with Gasteiger partial charge in [-0.1, -0.05) is 12.1 Å². The molecule has 2 amide bonds. The number of benzene rings is 1. The first kappa shape index (κ1) is 19.1. The fourth-order valence-corrected chi connectivity index (χ4v) is 3.62. The van der Waals surface area contributed by atoms with Gasteiger partial charge < -0.3 is 5.32 Å². The largest absolute Gasteiger partial charge is 0.352 e. The van der Waals surface area contributed by atoms with Gasteiger partial charge in [0.1, 0.15) is 11.6 Å². The van der Waals surface area contributed by atoms with Gasteiger partial charge >= 0.3 is 0 Å². The van der Waals surface area contributed by atoms with Gasteiger partial charge in [-0.25, -0.2) is 13.8 Å². The van der Waals surface area contributed by atoms with E-state index in [0.717, 1.165) is 12.1 Å². The fraction of sp³-hybridized carbons (Fsp3) is 0.167. The number of carbonyl (C=O) groups excluding carboxylic acids is 2. The highest BCUT2D eigenvalue weighted by Crippen LogP contribution is 2.19. The van der Waals surface area contributed by atoms with Crippen LogP contribution >= 0.6 is 22.7 Å². The Morgan fingerprint density at radius 3 is 2.56 bits per heavy atom. The highest BCUT2D eigenvalue weighted by Gasteiger charge is 2.12. The van der Waals surface area contributed by atoms with Gasteiger partial charge in [0.05, 0.1) is 10.6 Å². The molecule has 0 fully saturated rings. The average molecular weight is 407 g/mol. The van der Waals surface area contributed by atoms with Gasteiger partial charge in [0, 0.05) is 23.9 Å². The van der Waals surface area contributed by atoms with Crippen molar-refractivity contribution in [2.45, 2.75) is 19.4 Å². The monoisotopic (exact) mass is 407 g/mol. The number of halogens is 2. The van der Waals surface area contributed by atoms with Gasteiger partial charge in [-0.05, 0) is 30.0 Å². The number of amides is 2. The van der Waals surface area contributed by atoms with Crippen LogP contribution in [0.25, 0.3) is 0 Å². The molecule has 0 saturated heterocycles. The number of rotatable bonds is 7. The molecule has 3 rings (SSSR count). The maximum Gasteiger partial charge on any atom is 0.267 e. The van der Waals surface area contributed by atoms with Crippen LogP contribution in [0.15, 0.2) is 41.1 Å². The van der Waals surface area contributed by atoms with Gasteiger partial charge in [-0.15, -0.1) is 22.7 Å². The van der Waals surface area contributed by atoms with E-state index >= 15 is 0 Å². The molecule has 0 aliphatic rings. The van der Waals surface area contributed by atoms with Crippen LogP contribution in [0.2, 0.25) is 0 Å². The molecule has 0 unspecified atom stereocenters. The summed E-state index contributed by atoms with van der Waals surface area (Å²) in [5.74, 6) is -1.95. The summed E-state index contributed by atoms with van der Waals surface area (Å²) in [6.45, 7) is -0.212. The third-order valence-electron chi connectivity index (χ3n) is 3.65. The molecule has 0 spiro atoms. The van der Waals surface area contributed by atoms with E-state index in [9.17, 15) is 18.4 Å². The van der Waals surface area contributed by atoms with Crippen molar-refractivity contribution in [2.75, 3.05) is 5.32 Å². The predicted octanol–water partition coefficient (Wildman–Crippen LogP) is 3.98. The summed E-state index contributed by atoms with van der Waals surface area (Å²) >= 11 is 2.61. The van der Waals surface area contributed by atoms with E-state index < -0.39 is 11.6 Å². The molecule has 5 nitrogen and oxygen atoms in total. The van der Waals surface area contributed by atoms with Crippen molar-refractivity contribution in [1.29, 1.82) is 0 Å². The normalized spacial score (nSPS) is 10.6. The van der Waals surface area contributed by atoms with Gasteiger partial charge in [-0.2, -0.15) is 0 Å². The summed E-state index contributed by atoms with van der Waals surface area (Å²) in [6, 6.07) is 7.07. The molecule has 0 bridgehead atoms. The van der Waals surface area contributed by atoms with Crippen LogP contribution in [-0.2, 0) is 17.8 Å². The van der Waals surface area contributed by atoms with Crippen molar-refractivity contribution in [3.8, 4) is 0 Å². The van der Waals surface area contributed by atoms with Gasteiger partial charge in [0.25, 0.3) is 5.91 Å². The smallest absolute Gasteiger partial charge is 0.267 e. The van der Waals surface area contributed by atoms with Crippen LogP contribution in [0.1, 0.15) is 27.3 Å². The van der Waals surface area contributed by atoms with Crippen molar-refractivity contribution in [1.82, 2.24) is 10.3 Å². The van der Waals surface area contributed by atoms with Crippen LogP contribution in [-0.4, -0.2) is 16.8 Å². The Morgan fingerprint density at radius 2 is 1.85 bits per heavy atom. The molecule has 3 aromatic rings. The molecule has 2 aromatic heterocycles. The third-order valence-corrected chi connectivity index (χ3v) is 5.32. The Bertz CT molecular complexity index is 922. The van der Waals surface area contributed by atoms with Crippen LogP contribution in [0.4, 0.5) is 13.9 Å². The molecule has 2 N–H and O–H groups in total. The van der Waals surface area contributed by atoms with E-state index in [0.29, 0.717) is 22.1 Å². The second-order valence-corrected chi connectivity index (χ2v) is 7.36. The minimum Gasteiger partial charge on any atom is -0.352 e. The van der Waals surface area contributed by atoms with Gasteiger partial charge in [0.2, 0.25) is 5.91 Å². The van der Waals surface area contributed by atoms with E-state index in [1.54, 1.807) is 17.5 Å². The Kier molecular flexibility index (Phi) is 6.25. The number of anilines is 1. The standard InChI is InChI=1S/C18H15F2N3O2S2/c19-13-3-1-4-14(20)12(13)9-21-16(24)7-6-11-10-27-18(22-11)23-17(25)15-5-2-8-26-15/h1-5,8,10H,6-7,9H2,(H,21,24)(H,22,23,25). The molecule has 2 heterocycles. The first-order valence-electron chi connectivity index (χ1n) is 8.02. The fourth-order valence-electron chi connectivity index (χ4n) is 2.26. The summed E-state index contributed by atoms with van der Waals surface area (Å²) in [4.78, 5) is 28.7. The maximum atomic E-state index is 13.5. The Hall–Kier alpha value is -2.65. The quantitative estimate of drug-likeness (QED) is 0.622. The van der Waals surface area contributed by atoms with Gasteiger partial charge in [-0.3, -0.25) is 14.9 Å². The number of nitrogens with one attached hydrogen (secondary N) is 2. The first-order chi connectivity index (χ1) is 13.0. The van der Waals surface area contributed by atoms with E-state index in [2.05, 4.69) is 15.6 Å². The zero-order valence-electron chi connectivity index (χ0n) is 14.0. The lowest BCUT2D eigenvalue weighted by Gasteiger charge is -2.07. The van der Waals surface area contributed by atoms with Crippen molar-refractivity contribution < 1.29 is 18.4 Å². The number of hydrogen-bond acceptors (Lipinski definition) is 5. The molecule has 1 aromatic carbocycles. The molecule has 0 aliphatic carbocycles. The molecule has 0 atom stereocenters. The second kappa shape index (κ2) is 8.83. The van der Waals surface area contributed by atoms with Crippen LogP contribution in [0.5, 0.6) is 0 Å². The van der Waals surface area contributed by atoms with E-state index in [1.165, 1.54) is 28.7 Å². The molecule has 140 valence electrons. The van der Waals surface area contributed by atoms with Crippen LogP contribution < -0.4 is 10.6 Å². The zero-order valence-corrected chi connectivity index (χ0v) is 15.6. The lowest BCUT2D eigenvalue weighted by Crippen LogP contribution is -2.24. The summed E-state index contributed by atoms with van der Waals surface area (Å²) < 4.78 is 27.1. The Morgan fingerprint density at radius 1 is 1.07 bits per heavy atom. The Labute approximate surface area is 162 Å². The highest BCUT2D eigenvalue weighted by molar-refractivity contribution is 7.14. The summed E-state index contributed by atoms with van der Waals surface area (Å²) in [5, 5.41) is 9.23. The maximum absolute atomic E-state index is 13.5. The van der Waals surface area contributed by atoms with Crippen LogP contribution in [0, 0.1) is 11.6 Å². The van der Waals surface area contributed by atoms with E-state index in [1.807, 2.05) is 5.38 Å². The molecule has 0 saturated carbocycles. The molecule has 0 aliphatic heterocycles. The SMILES string of the molecule is O=C(CCc1csc(NC(=O)c2cccs2)n1)NCc1c(F)cccc1F. The minimum absolute atomic E-state index is 0.123. The topological polar surface area (TPSA) is 71.1 Å². The number of aryl methyl sites for hydroxylation is 1. The van der Waals surface area contributed by atoms with Crippen LogP contribution in [0.3, 0.4) is 0 Å². The molecular weight excluding hydrogens is 392 g/mol. The lowest BCUT2D eigenvalue weighted by molar-refractivity contribution is -0.121. The molecule has 27 heavy (non-hydrogen) atoms. The zero-order chi connectivity index (χ0) is 19.2. The lowest BCUT2D eigenvalue weighted by atomic mass is 10.2. The number of nitrogens with zero attached hydrogens (tertiary/aromatic N) is 1. The van der Waals surface area contributed by atoms with Gasteiger partial charge in [0.15, 0.2) is 5.13 Å². The summed E-state index contributed by atoms with van der Waals surface area (Å²) in [5.41, 5.74) is 0.492. The summed E-state index contributed by atoms with van der Waals surface area (Å²) in [6.07, 6.45) is 0.481. The third kappa shape index (κ3) is 5.18. The Balaban J connectivity index is 1.47. The number of hydrogen-bond donors (Lipinski definition) is 2. The van der Waals surface area contributed by atoms with E-state index in [4.69, 9.17) is 0 Å².